The summed E-state index contributed by atoms with van der Waals surface area (Å²) in [6.07, 6.45) is 2.53. The van der Waals surface area contributed by atoms with E-state index < -0.39 is 9.84 Å². The number of sulfone groups is 1. The highest BCUT2D eigenvalue weighted by molar-refractivity contribution is 7.91. The summed E-state index contributed by atoms with van der Waals surface area (Å²) >= 11 is 0. The average molecular weight is 448 g/mol. The van der Waals surface area contributed by atoms with Crippen molar-refractivity contribution in [2.45, 2.75) is 35.7 Å². The molecule has 32 heavy (non-hydrogen) atoms. The van der Waals surface area contributed by atoms with Crippen LogP contribution in [-0.2, 0) is 29.3 Å². The van der Waals surface area contributed by atoms with Gasteiger partial charge >= 0.3 is 0 Å². The van der Waals surface area contributed by atoms with Crippen LogP contribution in [0.25, 0.3) is 11.5 Å². The van der Waals surface area contributed by atoms with E-state index in [2.05, 4.69) is 4.98 Å². The molecule has 1 aliphatic carbocycles. The lowest BCUT2D eigenvalue weighted by Crippen LogP contribution is -2.06. The van der Waals surface area contributed by atoms with Gasteiger partial charge in [0.15, 0.2) is 11.5 Å². The van der Waals surface area contributed by atoms with E-state index in [1.807, 2.05) is 30.3 Å². The Balaban J connectivity index is 1.61. The van der Waals surface area contributed by atoms with Crippen LogP contribution in [0.15, 0.2) is 87.0 Å². The Morgan fingerprint density at radius 2 is 1.69 bits per heavy atom. The number of benzene rings is 3. The summed E-state index contributed by atoms with van der Waals surface area (Å²) in [6.45, 7) is 0.186. The number of phenols is 1. The second-order valence-electron chi connectivity index (χ2n) is 7.65. The zero-order valence-corrected chi connectivity index (χ0v) is 18.0. The number of aromatic nitrogens is 1. The lowest BCUT2D eigenvalue weighted by Gasteiger charge is -2.14. The van der Waals surface area contributed by atoms with Crippen LogP contribution in [0.3, 0.4) is 0 Å². The molecule has 4 aromatic rings. The van der Waals surface area contributed by atoms with Crippen LogP contribution in [0, 0.1) is 0 Å². The Bertz CT molecular complexity index is 1340. The van der Waals surface area contributed by atoms with Crippen LogP contribution in [0.2, 0.25) is 0 Å². The molecule has 0 saturated heterocycles. The van der Waals surface area contributed by atoms with Crippen molar-refractivity contribution in [3.05, 3.63) is 89.8 Å². The third-order valence-corrected chi connectivity index (χ3v) is 7.28. The number of hydrogen-bond acceptors (Lipinski definition) is 6. The van der Waals surface area contributed by atoms with Crippen molar-refractivity contribution >= 4 is 9.84 Å². The zero-order chi connectivity index (χ0) is 22.1. The largest absolute Gasteiger partial charge is 0.504 e. The van der Waals surface area contributed by atoms with E-state index in [1.165, 1.54) is 24.3 Å². The number of ether oxygens (including phenoxy) is 1. The van der Waals surface area contributed by atoms with Crippen molar-refractivity contribution in [2.24, 2.45) is 0 Å². The van der Waals surface area contributed by atoms with Crippen molar-refractivity contribution in [2.75, 3.05) is 0 Å². The predicted octanol–water partition coefficient (Wildman–Crippen LogP) is 4.95. The predicted molar refractivity (Wildman–Crippen MR) is 118 cm³/mol. The summed E-state index contributed by atoms with van der Waals surface area (Å²) in [4.78, 5) is 4.63. The molecule has 0 fully saturated rings. The van der Waals surface area contributed by atoms with E-state index in [-0.39, 0.29) is 39.4 Å². The molecule has 0 radical (unpaired) electrons. The molecular formula is C25H21NO5S. The first kappa shape index (κ1) is 20.3. The number of oxazole rings is 1. The normalized spacial score (nSPS) is 13.1. The fourth-order valence-electron chi connectivity index (χ4n) is 3.82. The Labute approximate surface area is 186 Å². The SMILES string of the molecule is O=S(=O)(c1ccccc1)c1cc(OCc2ccccc2)c(O)cc1-c1nc2c(o1)CCC2. The first-order valence-corrected chi connectivity index (χ1v) is 11.8. The Hall–Kier alpha value is -3.58. The molecule has 0 bridgehead atoms. The van der Waals surface area contributed by atoms with Crippen LogP contribution in [0.5, 0.6) is 11.5 Å². The maximum atomic E-state index is 13.5. The van der Waals surface area contributed by atoms with Gasteiger partial charge in [-0.2, -0.15) is 0 Å². The summed E-state index contributed by atoms with van der Waals surface area (Å²) in [5, 5.41) is 10.6. The van der Waals surface area contributed by atoms with Crippen LogP contribution in [-0.4, -0.2) is 18.5 Å². The van der Waals surface area contributed by atoms with Gasteiger partial charge in [0.05, 0.1) is 21.0 Å². The minimum Gasteiger partial charge on any atom is -0.504 e. The van der Waals surface area contributed by atoms with Gasteiger partial charge in [-0.1, -0.05) is 48.5 Å². The van der Waals surface area contributed by atoms with Gasteiger partial charge in [-0.15, -0.1) is 0 Å². The zero-order valence-electron chi connectivity index (χ0n) is 17.2. The van der Waals surface area contributed by atoms with Crippen LogP contribution in [0.1, 0.15) is 23.4 Å². The Morgan fingerprint density at radius 1 is 0.969 bits per heavy atom. The van der Waals surface area contributed by atoms with E-state index >= 15 is 0 Å². The van der Waals surface area contributed by atoms with Gasteiger partial charge in [-0.25, -0.2) is 13.4 Å². The van der Waals surface area contributed by atoms with Gasteiger partial charge in [0.1, 0.15) is 12.4 Å². The van der Waals surface area contributed by atoms with E-state index in [9.17, 15) is 13.5 Å². The molecular weight excluding hydrogens is 426 g/mol. The second kappa shape index (κ2) is 8.16. The van der Waals surface area contributed by atoms with Crippen molar-refractivity contribution in [1.82, 2.24) is 4.98 Å². The van der Waals surface area contributed by atoms with Gasteiger partial charge in [-0.3, -0.25) is 0 Å². The van der Waals surface area contributed by atoms with E-state index in [0.717, 1.165) is 36.3 Å². The number of hydrogen-bond donors (Lipinski definition) is 1. The molecule has 3 aromatic carbocycles. The molecule has 1 N–H and O–H groups in total. The van der Waals surface area contributed by atoms with Crippen molar-refractivity contribution in [3.63, 3.8) is 0 Å². The monoisotopic (exact) mass is 447 g/mol. The van der Waals surface area contributed by atoms with Gasteiger partial charge in [0.25, 0.3) is 0 Å². The summed E-state index contributed by atoms with van der Waals surface area (Å²) in [7, 11) is -3.92. The number of rotatable bonds is 6. The molecule has 7 heteroatoms. The standard InChI is InChI=1S/C25H21NO5S/c27-21-14-19(25-26-20-12-7-13-22(20)31-25)24(32(28,29)18-10-5-2-6-11-18)15-23(21)30-16-17-8-3-1-4-9-17/h1-6,8-11,14-15,27H,7,12-13,16H2. The molecule has 1 aliphatic rings. The maximum Gasteiger partial charge on any atom is 0.227 e. The van der Waals surface area contributed by atoms with Gasteiger partial charge in [0, 0.05) is 12.5 Å². The molecule has 162 valence electrons. The minimum atomic E-state index is -3.92. The fraction of sp³-hybridized carbons (Fsp3) is 0.160. The molecule has 6 nitrogen and oxygen atoms in total. The molecule has 0 saturated carbocycles. The molecule has 0 aliphatic heterocycles. The third kappa shape index (κ3) is 3.76. The molecule has 5 rings (SSSR count). The lowest BCUT2D eigenvalue weighted by atomic mass is 10.2. The number of aromatic hydroxyl groups is 1. The highest BCUT2D eigenvalue weighted by Gasteiger charge is 2.29. The molecule has 1 heterocycles. The van der Waals surface area contributed by atoms with Crippen LogP contribution < -0.4 is 4.74 Å². The Morgan fingerprint density at radius 3 is 2.41 bits per heavy atom. The second-order valence-corrected chi connectivity index (χ2v) is 9.57. The van der Waals surface area contributed by atoms with Gasteiger partial charge in [0.2, 0.25) is 15.7 Å². The quantitative estimate of drug-likeness (QED) is 0.450. The van der Waals surface area contributed by atoms with Gasteiger partial charge < -0.3 is 14.3 Å². The Kier molecular flexibility index (Phi) is 5.19. The minimum absolute atomic E-state index is 0.0236. The topological polar surface area (TPSA) is 89.6 Å². The molecule has 0 atom stereocenters. The first-order valence-electron chi connectivity index (χ1n) is 10.4. The number of phenolic OH excluding ortho intramolecular Hbond substituents is 1. The van der Waals surface area contributed by atoms with Crippen molar-refractivity contribution in [1.29, 1.82) is 0 Å². The number of aryl methyl sites for hydroxylation is 2. The summed E-state index contributed by atoms with van der Waals surface area (Å²) in [5.74, 6) is 0.855. The van der Waals surface area contributed by atoms with E-state index in [1.54, 1.807) is 18.2 Å². The molecule has 0 spiro atoms. The molecule has 1 aromatic heterocycles. The summed E-state index contributed by atoms with van der Waals surface area (Å²) in [5.41, 5.74) is 1.95. The van der Waals surface area contributed by atoms with Crippen LogP contribution in [0.4, 0.5) is 0 Å². The highest BCUT2D eigenvalue weighted by atomic mass is 32.2. The smallest absolute Gasteiger partial charge is 0.227 e. The van der Waals surface area contributed by atoms with Crippen LogP contribution >= 0.6 is 0 Å². The number of fused-ring (bicyclic) bond motifs is 1. The van der Waals surface area contributed by atoms with Gasteiger partial charge in [-0.05, 0) is 36.6 Å². The average Bonchev–Trinajstić information content (AvgIpc) is 3.42. The highest BCUT2D eigenvalue weighted by Crippen LogP contribution is 2.41. The van der Waals surface area contributed by atoms with Crippen molar-refractivity contribution < 1.29 is 22.7 Å². The van der Waals surface area contributed by atoms with Crippen molar-refractivity contribution in [3.8, 4) is 23.0 Å². The third-order valence-electron chi connectivity index (χ3n) is 5.47. The van der Waals surface area contributed by atoms with E-state index in [0.29, 0.717) is 0 Å². The summed E-state index contributed by atoms with van der Waals surface area (Å²) < 4.78 is 38.7. The van der Waals surface area contributed by atoms with E-state index in [4.69, 9.17) is 9.15 Å². The number of nitrogens with zero attached hydrogens (tertiary/aromatic N) is 1. The summed E-state index contributed by atoms with van der Waals surface area (Å²) in [6, 6.07) is 20.3. The fourth-order valence-corrected chi connectivity index (χ4v) is 5.29. The molecule has 0 unspecified atom stereocenters. The maximum absolute atomic E-state index is 13.5. The lowest BCUT2D eigenvalue weighted by molar-refractivity contribution is 0.288. The molecule has 0 amide bonds. The first-order chi connectivity index (χ1) is 15.5.